The quantitative estimate of drug-likeness (QED) is 0.356. The molecule has 1 fully saturated rings. The van der Waals surface area contributed by atoms with E-state index in [0.717, 1.165) is 32.7 Å². The Balaban J connectivity index is 1.23. The lowest BCUT2D eigenvalue weighted by atomic mass is 10.2. The number of halogens is 1. The van der Waals surface area contributed by atoms with Crippen LogP contribution in [0.4, 0.5) is 5.88 Å². The Kier molecular flexibility index (Phi) is 6.52. The highest BCUT2D eigenvalue weighted by molar-refractivity contribution is 6.32. The Morgan fingerprint density at radius 2 is 1.71 bits per heavy atom. The molecule has 0 N–H and O–H groups in total. The molecule has 5 rings (SSSR count). The molecule has 0 aliphatic carbocycles. The fourth-order valence-electron chi connectivity index (χ4n) is 3.94. The fraction of sp³-hybridized carbons (Fsp3) is 0.231. The molecule has 1 aliphatic heterocycles. The number of para-hydroxylation sites is 1. The second-order valence-corrected chi connectivity index (χ2v) is 8.43. The summed E-state index contributed by atoms with van der Waals surface area (Å²) >= 11 is 6.13. The third-order valence-electron chi connectivity index (χ3n) is 5.70. The number of nitrogens with zero attached hydrogens (tertiary/aromatic N) is 4. The van der Waals surface area contributed by atoms with Gasteiger partial charge in [0, 0.05) is 32.7 Å². The van der Waals surface area contributed by atoms with E-state index in [9.17, 15) is 5.26 Å². The minimum absolute atomic E-state index is 0.214. The molecule has 0 spiro atoms. The predicted molar refractivity (Wildman–Crippen MR) is 129 cm³/mol. The maximum absolute atomic E-state index is 9.62. The molecule has 0 amide bonds. The summed E-state index contributed by atoms with van der Waals surface area (Å²) in [5.74, 6) is 2.40. The normalized spacial score (nSPS) is 14.2. The zero-order valence-electron chi connectivity index (χ0n) is 18.5. The molecule has 0 radical (unpaired) electrons. The van der Waals surface area contributed by atoms with Crippen molar-refractivity contribution in [3.05, 3.63) is 88.8 Å². The Bertz CT molecular complexity index is 1290. The van der Waals surface area contributed by atoms with Gasteiger partial charge in [-0.25, -0.2) is 0 Å². The second-order valence-electron chi connectivity index (χ2n) is 8.02. The van der Waals surface area contributed by atoms with Crippen LogP contribution in [-0.2, 0) is 13.2 Å². The van der Waals surface area contributed by atoms with Gasteiger partial charge in [-0.2, -0.15) is 10.2 Å². The van der Waals surface area contributed by atoms with E-state index in [1.807, 2.05) is 18.2 Å². The number of ether oxygens (including phenoxy) is 1. The van der Waals surface area contributed by atoms with E-state index in [4.69, 9.17) is 25.2 Å². The van der Waals surface area contributed by atoms with E-state index in [-0.39, 0.29) is 18.2 Å². The molecule has 0 saturated carbocycles. The number of oxazole rings is 1. The van der Waals surface area contributed by atoms with Crippen molar-refractivity contribution in [2.45, 2.75) is 13.2 Å². The summed E-state index contributed by atoms with van der Waals surface area (Å²) in [6.45, 7) is 4.38. The number of furan rings is 1. The minimum atomic E-state index is 0.214. The van der Waals surface area contributed by atoms with Crippen LogP contribution in [0.3, 0.4) is 0 Å². The van der Waals surface area contributed by atoms with Gasteiger partial charge >= 0.3 is 0 Å². The van der Waals surface area contributed by atoms with Gasteiger partial charge in [0.15, 0.2) is 5.76 Å². The number of aromatic nitrogens is 1. The zero-order chi connectivity index (χ0) is 23.3. The van der Waals surface area contributed by atoms with Crippen LogP contribution in [0, 0.1) is 11.3 Å². The lowest BCUT2D eigenvalue weighted by Crippen LogP contribution is -2.46. The first-order valence-electron chi connectivity index (χ1n) is 11.1. The SMILES string of the molecule is N#Cc1nc(-c2ccc(COc3ccccc3Cl)o2)oc1N1CCN(Cc2ccccc2)CC1. The number of anilines is 1. The molecule has 4 aromatic rings. The van der Waals surface area contributed by atoms with E-state index >= 15 is 0 Å². The van der Waals surface area contributed by atoms with Gasteiger partial charge in [-0.15, -0.1) is 0 Å². The van der Waals surface area contributed by atoms with Gasteiger partial charge in [-0.05, 0) is 29.8 Å². The summed E-state index contributed by atoms with van der Waals surface area (Å²) in [5, 5.41) is 10.2. The monoisotopic (exact) mass is 474 g/mol. The van der Waals surface area contributed by atoms with E-state index in [0.29, 0.717) is 28.2 Å². The lowest BCUT2D eigenvalue weighted by Gasteiger charge is -2.34. The van der Waals surface area contributed by atoms with E-state index in [1.165, 1.54) is 5.56 Å². The highest BCUT2D eigenvalue weighted by Crippen LogP contribution is 2.31. The van der Waals surface area contributed by atoms with Gasteiger partial charge < -0.3 is 18.5 Å². The maximum Gasteiger partial charge on any atom is 0.266 e. The molecule has 172 valence electrons. The second kappa shape index (κ2) is 10.0. The van der Waals surface area contributed by atoms with Crippen LogP contribution in [0.25, 0.3) is 11.7 Å². The first kappa shape index (κ1) is 22.1. The van der Waals surface area contributed by atoms with Gasteiger partial charge in [0.05, 0.1) is 5.02 Å². The Labute approximate surface area is 202 Å². The summed E-state index contributed by atoms with van der Waals surface area (Å²) in [7, 11) is 0. The number of hydrogen-bond acceptors (Lipinski definition) is 7. The highest BCUT2D eigenvalue weighted by atomic mass is 35.5. The van der Waals surface area contributed by atoms with E-state index < -0.39 is 0 Å². The van der Waals surface area contributed by atoms with Crippen molar-refractivity contribution in [2.24, 2.45) is 0 Å². The molecule has 8 heteroatoms. The number of hydrogen-bond donors (Lipinski definition) is 0. The van der Waals surface area contributed by atoms with Crippen molar-refractivity contribution in [1.82, 2.24) is 9.88 Å². The van der Waals surface area contributed by atoms with Gasteiger partial charge in [0.25, 0.3) is 5.89 Å². The van der Waals surface area contributed by atoms with Crippen molar-refractivity contribution >= 4 is 17.5 Å². The number of benzene rings is 2. The van der Waals surface area contributed by atoms with E-state index in [2.05, 4.69) is 45.1 Å². The molecule has 7 nitrogen and oxygen atoms in total. The zero-order valence-corrected chi connectivity index (χ0v) is 19.2. The van der Waals surface area contributed by atoms with Crippen LogP contribution in [-0.4, -0.2) is 36.1 Å². The van der Waals surface area contributed by atoms with Crippen molar-refractivity contribution < 1.29 is 13.6 Å². The van der Waals surface area contributed by atoms with E-state index in [1.54, 1.807) is 24.3 Å². The van der Waals surface area contributed by atoms with Crippen LogP contribution >= 0.6 is 11.6 Å². The van der Waals surface area contributed by atoms with Gasteiger partial charge in [0.2, 0.25) is 11.6 Å². The van der Waals surface area contributed by atoms with Gasteiger partial charge in [-0.3, -0.25) is 4.90 Å². The van der Waals surface area contributed by atoms with Crippen molar-refractivity contribution in [3.63, 3.8) is 0 Å². The number of piperazine rings is 1. The van der Waals surface area contributed by atoms with Crippen LogP contribution in [0.2, 0.25) is 5.02 Å². The molecule has 0 atom stereocenters. The number of nitriles is 1. The standard InChI is InChI=1S/C26H23ClN4O3/c27-21-8-4-5-9-23(21)32-18-20-10-11-24(33-20)25-29-22(16-28)26(34-25)31-14-12-30(13-15-31)17-19-6-2-1-3-7-19/h1-11H,12-15,17-18H2. The molecular weight excluding hydrogens is 452 g/mol. The third kappa shape index (κ3) is 4.93. The largest absolute Gasteiger partial charge is 0.484 e. The summed E-state index contributed by atoms with van der Waals surface area (Å²) < 4.78 is 17.6. The minimum Gasteiger partial charge on any atom is -0.484 e. The van der Waals surface area contributed by atoms with Crippen molar-refractivity contribution in [3.8, 4) is 23.5 Å². The summed E-state index contributed by atoms with van der Waals surface area (Å²) in [4.78, 5) is 8.83. The van der Waals surface area contributed by atoms with Crippen molar-refractivity contribution in [2.75, 3.05) is 31.1 Å². The Morgan fingerprint density at radius 3 is 2.47 bits per heavy atom. The molecule has 1 saturated heterocycles. The summed E-state index contributed by atoms with van der Waals surface area (Å²) in [6.07, 6.45) is 0. The van der Waals surface area contributed by atoms with Gasteiger partial charge in [0.1, 0.15) is 24.2 Å². The first-order valence-corrected chi connectivity index (χ1v) is 11.5. The molecule has 3 heterocycles. The van der Waals surface area contributed by atoms with Crippen LogP contribution < -0.4 is 9.64 Å². The molecule has 0 bridgehead atoms. The molecular formula is C26H23ClN4O3. The average molecular weight is 475 g/mol. The fourth-order valence-corrected chi connectivity index (χ4v) is 4.13. The highest BCUT2D eigenvalue weighted by Gasteiger charge is 2.25. The topological polar surface area (TPSA) is 78.7 Å². The summed E-state index contributed by atoms with van der Waals surface area (Å²) in [5.41, 5.74) is 1.56. The maximum atomic E-state index is 9.62. The Hall–Kier alpha value is -3.73. The molecule has 0 unspecified atom stereocenters. The average Bonchev–Trinajstić information content (AvgIpc) is 3.52. The number of rotatable bonds is 7. The first-order chi connectivity index (χ1) is 16.7. The smallest absolute Gasteiger partial charge is 0.266 e. The van der Waals surface area contributed by atoms with Crippen LogP contribution in [0.1, 0.15) is 17.0 Å². The van der Waals surface area contributed by atoms with Crippen molar-refractivity contribution in [1.29, 1.82) is 5.26 Å². The Morgan fingerprint density at radius 1 is 0.941 bits per heavy atom. The molecule has 2 aromatic carbocycles. The molecule has 1 aliphatic rings. The van der Waals surface area contributed by atoms with Crippen LogP contribution in [0.5, 0.6) is 5.75 Å². The van der Waals surface area contributed by atoms with Gasteiger partial charge in [-0.1, -0.05) is 54.1 Å². The molecule has 2 aromatic heterocycles. The lowest BCUT2D eigenvalue weighted by molar-refractivity contribution is 0.246. The predicted octanol–water partition coefficient (Wildman–Crippen LogP) is 5.36. The molecule has 34 heavy (non-hydrogen) atoms. The third-order valence-corrected chi connectivity index (χ3v) is 6.01. The van der Waals surface area contributed by atoms with Crippen LogP contribution in [0.15, 0.2) is 75.6 Å². The summed E-state index contributed by atoms with van der Waals surface area (Å²) in [6, 6.07) is 23.4.